The summed E-state index contributed by atoms with van der Waals surface area (Å²) >= 11 is 1.48. The zero-order valence-corrected chi connectivity index (χ0v) is 17.9. The third-order valence-corrected chi connectivity index (χ3v) is 5.38. The van der Waals surface area contributed by atoms with E-state index in [0.717, 1.165) is 23.5 Å². The molecule has 10 nitrogen and oxygen atoms in total. The van der Waals surface area contributed by atoms with Crippen molar-refractivity contribution in [2.45, 2.75) is 6.54 Å². The molecular formula is C20H24N2O8S. The minimum absolute atomic E-state index is 0.0140. The molecule has 0 atom stereocenters. The van der Waals surface area contributed by atoms with Gasteiger partial charge in [0.2, 0.25) is 5.75 Å². The summed E-state index contributed by atoms with van der Waals surface area (Å²) in [5.74, 6) is -2.71. The summed E-state index contributed by atoms with van der Waals surface area (Å²) in [6.07, 6.45) is 0. The second kappa shape index (κ2) is 11.2. The van der Waals surface area contributed by atoms with Crippen molar-refractivity contribution >= 4 is 29.2 Å². The van der Waals surface area contributed by atoms with E-state index in [-0.39, 0.29) is 11.7 Å². The van der Waals surface area contributed by atoms with Gasteiger partial charge < -0.3 is 29.7 Å². The van der Waals surface area contributed by atoms with E-state index in [9.17, 15) is 9.90 Å². The van der Waals surface area contributed by atoms with E-state index in [1.54, 1.807) is 0 Å². The Hall–Kier alpha value is -3.31. The molecule has 168 valence electrons. The van der Waals surface area contributed by atoms with Gasteiger partial charge >= 0.3 is 11.9 Å². The molecule has 2 aromatic rings. The molecule has 0 bridgehead atoms. The van der Waals surface area contributed by atoms with Gasteiger partial charge in [-0.05, 0) is 29.1 Å². The first-order chi connectivity index (χ1) is 14.8. The normalized spacial score (nSPS) is 13.7. The Bertz CT molecular complexity index is 871. The molecule has 31 heavy (non-hydrogen) atoms. The van der Waals surface area contributed by atoms with Crippen molar-refractivity contribution in [1.29, 1.82) is 0 Å². The first kappa shape index (κ1) is 24.0. The van der Waals surface area contributed by atoms with Crippen molar-refractivity contribution in [1.82, 2.24) is 9.80 Å². The summed E-state index contributed by atoms with van der Waals surface area (Å²) in [4.78, 5) is 35.6. The molecular weight excluding hydrogens is 428 g/mol. The number of carbonyl (C=O) groups excluding carboxylic acids is 1. The molecule has 0 aliphatic carbocycles. The molecule has 3 N–H and O–H groups in total. The number of phenols is 1. The maximum atomic E-state index is 12.4. The molecule has 0 unspecified atom stereocenters. The van der Waals surface area contributed by atoms with Crippen LogP contribution in [0.25, 0.3) is 0 Å². The molecule has 3 rings (SSSR count). The number of nitrogens with zero attached hydrogens (tertiary/aromatic N) is 2. The van der Waals surface area contributed by atoms with Gasteiger partial charge in [0.1, 0.15) is 0 Å². The van der Waals surface area contributed by atoms with Crippen LogP contribution in [-0.2, 0) is 16.1 Å². The van der Waals surface area contributed by atoms with E-state index in [0.29, 0.717) is 31.1 Å². The van der Waals surface area contributed by atoms with Crippen LogP contribution < -0.4 is 9.47 Å². The lowest BCUT2D eigenvalue weighted by Gasteiger charge is -2.34. The molecule has 1 saturated heterocycles. The fourth-order valence-electron chi connectivity index (χ4n) is 2.96. The number of carbonyl (C=O) groups is 3. The van der Waals surface area contributed by atoms with Gasteiger partial charge in [0, 0.05) is 32.7 Å². The number of amides is 1. The number of aromatic hydroxyl groups is 1. The Balaban J connectivity index is 0.000000501. The molecule has 0 radical (unpaired) electrons. The fourth-order valence-corrected chi connectivity index (χ4v) is 3.65. The van der Waals surface area contributed by atoms with Crippen molar-refractivity contribution < 1.29 is 39.2 Å². The van der Waals surface area contributed by atoms with E-state index < -0.39 is 11.9 Å². The molecule has 1 aliphatic heterocycles. The lowest BCUT2D eigenvalue weighted by Crippen LogP contribution is -2.48. The highest BCUT2D eigenvalue weighted by atomic mass is 32.1. The summed E-state index contributed by atoms with van der Waals surface area (Å²) < 4.78 is 10.4. The van der Waals surface area contributed by atoms with Gasteiger partial charge in [-0.2, -0.15) is 0 Å². The summed E-state index contributed by atoms with van der Waals surface area (Å²) in [7, 11) is 3.04. The first-order valence-corrected chi connectivity index (χ1v) is 10.1. The zero-order valence-electron chi connectivity index (χ0n) is 17.1. The highest BCUT2D eigenvalue weighted by molar-refractivity contribution is 7.12. The summed E-state index contributed by atoms with van der Waals surface area (Å²) in [6.45, 7) is 3.76. The Morgan fingerprint density at radius 2 is 1.55 bits per heavy atom. The maximum Gasteiger partial charge on any atom is 0.414 e. The second-order valence-corrected chi connectivity index (χ2v) is 7.45. The Morgan fingerprint density at radius 3 is 1.97 bits per heavy atom. The van der Waals surface area contributed by atoms with Crippen LogP contribution in [0.2, 0.25) is 0 Å². The fraction of sp³-hybridized carbons (Fsp3) is 0.350. The molecule has 2 heterocycles. The van der Waals surface area contributed by atoms with Gasteiger partial charge in [-0.15, -0.1) is 11.3 Å². The highest BCUT2D eigenvalue weighted by Crippen LogP contribution is 2.37. The lowest BCUT2D eigenvalue weighted by molar-refractivity contribution is -0.159. The van der Waals surface area contributed by atoms with Crippen molar-refractivity contribution in [3.8, 4) is 17.2 Å². The largest absolute Gasteiger partial charge is 0.502 e. The number of hydrogen-bond donors (Lipinski definition) is 3. The van der Waals surface area contributed by atoms with Crippen LogP contribution in [-0.4, -0.2) is 83.4 Å². The quantitative estimate of drug-likeness (QED) is 0.578. The topological polar surface area (TPSA) is 137 Å². The van der Waals surface area contributed by atoms with Crippen molar-refractivity contribution in [3.63, 3.8) is 0 Å². The number of carboxylic acid groups (broad SMARTS) is 2. The van der Waals surface area contributed by atoms with Crippen LogP contribution in [0.5, 0.6) is 17.2 Å². The van der Waals surface area contributed by atoms with E-state index >= 15 is 0 Å². The molecule has 1 amide bonds. The van der Waals surface area contributed by atoms with Crippen molar-refractivity contribution in [2.24, 2.45) is 0 Å². The smallest absolute Gasteiger partial charge is 0.414 e. The predicted molar refractivity (Wildman–Crippen MR) is 112 cm³/mol. The number of rotatable bonds is 5. The third-order valence-electron chi connectivity index (χ3n) is 4.52. The molecule has 1 aromatic heterocycles. The van der Waals surface area contributed by atoms with Crippen LogP contribution in [0.3, 0.4) is 0 Å². The minimum Gasteiger partial charge on any atom is -0.502 e. The van der Waals surface area contributed by atoms with Gasteiger partial charge in [-0.25, -0.2) is 9.59 Å². The van der Waals surface area contributed by atoms with Gasteiger partial charge in [-0.3, -0.25) is 9.69 Å². The molecule has 1 aromatic carbocycles. The third kappa shape index (κ3) is 6.59. The van der Waals surface area contributed by atoms with Gasteiger partial charge in [0.05, 0.1) is 19.1 Å². The second-order valence-electron chi connectivity index (χ2n) is 6.50. The number of aliphatic carboxylic acids is 2. The number of benzene rings is 1. The maximum absolute atomic E-state index is 12.4. The number of piperazine rings is 1. The number of phenolic OH excluding ortho intramolecular Hbond substituents is 1. The zero-order chi connectivity index (χ0) is 23.0. The van der Waals surface area contributed by atoms with E-state index in [1.165, 1.54) is 25.6 Å². The molecule has 0 spiro atoms. The van der Waals surface area contributed by atoms with Gasteiger partial charge in [0.15, 0.2) is 11.5 Å². The van der Waals surface area contributed by atoms with Gasteiger partial charge in [-0.1, -0.05) is 6.07 Å². The highest BCUT2D eigenvalue weighted by Gasteiger charge is 2.23. The number of methoxy groups -OCH3 is 2. The lowest BCUT2D eigenvalue weighted by atomic mass is 10.1. The van der Waals surface area contributed by atoms with Crippen LogP contribution >= 0.6 is 11.3 Å². The van der Waals surface area contributed by atoms with E-state index in [1.807, 2.05) is 34.5 Å². The van der Waals surface area contributed by atoms with Gasteiger partial charge in [0.25, 0.3) is 5.91 Å². The standard InChI is InChI=1S/C18H22N2O4S.C2H2O4/c1-23-14-10-13(11-15(24-2)17(14)21)12-19-5-7-20(8-6-19)18(22)16-4-3-9-25-16;3-1(4)2(5)6/h3-4,9-11,21H,5-8,12H2,1-2H3;(H,3,4)(H,5,6). The van der Waals surface area contributed by atoms with Crippen molar-refractivity contribution in [2.75, 3.05) is 40.4 Å². The Morgan fingerprint density at radius 1 is 1.00 bits per heavy atom. The van der Waals surface area contributed by atoms with Crippen LogP contribution in [0.15, 0.2) is 29.6 Å². The predicted octanol–water partition coefficient (Wildman–Crippen LogP) is 1.58. The summed E-state index contributed by atoms with van der Waals surface area (Å²) in [6, 6.07) is 7.41. The molecule has 0 saturated carbocycles. The SMILES string of the molecule is COc1cc(CN2CCN(C(=O)c3cccs3)CC2)cc(OC)c1O.O=C(O)C(=O)O. The first-order valence-electron chi connectivity index (χ1n) is 9.22. The molecule has 1 fully saturated rings. The van der Waals surface area contributed by atoms with Crippen LogP contribution in [0.1, 0.15) is 15.2 Å². The van der Waals surface area contributed by atoms with E-state index in [4.69, 9.17) is 29.3 Å². The average molecular weight is 452 g/mol. The van der Waals surface area contributed by atoms with Crippen molar-refractivity contribution in [3.05, 3.63) is 40.1 Å². The van der Waals surface area contributed by atoms with Crippen LogP contribution in [0.4, 0.5) is 0 Å². The average Bonchev–Trinajstić information content (AvgIpc) is 3.30. The summed E-state index contributed by atoms with van der Waals surface area (Å²) in [5.41, 5.74) is 1.00. The minimum atomic E-state index is -1.82. The molecule has 11 heteroatoms. The monoisotopic (exact) mass is 452 g/mol. The molecule has 1 aliphatic rings. The number of thiophene rings is 1. The number of hydrogen-bond acceptors (Lipinski definition) is 8. The van der Waals surface area contributed by atoms with E-state index in [2.05, 4.69) is 4.90 Å². The number of ether oxygens (including phenoxy) is 2. The van der Waals surface area contributed by atoms with Crippen LogP contribution in [0, 0.1) is 0 Å². The number of carboxylic acids is 2. The summed E-state index contributed by atoms with van der Waals surface area (Å²) in [5, 5.41) is 26.7. The Kier molecular flexibility index (Phi) is 8.64. The Labute approximate surface area is 182 Å².